The number of fused-ring (bicyclic) bond motifs is 1. The lowest BCUT2D eigenvalue weighted by atomic mass is 9.98. The summed E-state index contributed by atoms with van der Waals surface area (Å²) in [5.74, 6) is -1.66. The van der Waals surface area contributed by atoms with Crippen LogP contribution >= 0.6 is 0 Å². The Morgan fingerprint density at radius 3 is 2.62 bits per heavy atom. The van der Waals surface area contributed by atoms with Gasteiger partial charge in [-0.05, 0) is 62.2 Å². The average molecular weight is 460 g/mol. The molecule has 0 fully saturated rings. The number of carbonyl (C=O) groups excluding carboxylic acids is 1. The van der Waals surface area contributed by atoms with E-state index < -0.39 is 21.7 Å². The molecule has 32 heavy (non-hydrogen) atoms. The van der Waals surface area contributed by atoms with Gasteiger partial charge in [-0.2, -0.15) is 0 Å². The highest BCUT2D eigenvalue weighted by molar-refractivity contribution is 7.89. The van der Waals surface area contributed by atoms with E-state index in [-0.39, 0.29) is 28.9 Å². The number of nitrogens with zero attached hydrogens (tertiary/aromatic N) is 1. The summed E-state index contributed by atoms with van der Waals surface area (Å²) < 4.78 is 55.1. The Balaban J connectivity index is 1.57. The highest BCUT2D eigenvalue weighted by atomic mass is 32.2. The molecule has 0 unspecified atom stereocenters. The van der Waals surface area contributed by atoms with E-state index in [0.717, 1.165) is 34.7 Å². The summed E-state index contributed by atoms with van der Waals surface area (Å²) in [6.45, 7) is 3.95. The number of amides is 1. The van der Waals surface area contributed by atoms with Crippen molar-refractivity contribution in [3.63, 3.8) is 0 Å². The average Bonchev–Trinajstić information content (AvgIpc) is 3.15. The van der Waals surface area contributed by atoms with Gasteiger partial charge in [0.2, 0.25) is 10.0 Å². The summed E-state index contributed by atoms with van der Waals surface area (Å²) in [6, 6.07) is 7.42. The number of halogens is 2. The van der Waals surface area contributed by atoms with Crippen LogP contribution in [0.25, 0.3) is 16.5 Å². The standard InChI is InChI=1S/C23H23F2N3O3S/c1-14(2)27-32(30,31)17-4-6-21(25)19(12-17)23(29)28-9-7-15(8-10-28)20-13-26-22-11-16(24)3-5-18(20)22/h3-7,11-14,26-27H,8-10H2,1-2H3. The van der Waals surface area contributed by atoms with Gasteiger partial charge >= 0.3 is 0 Å². The predicted octanol–water partition coefficient (Wildman–Crippen LogP) is 4.06. The lowest BCUT2D eigenvalue weighted by molar-refractivity contribution is 0.0768. The zero-order chi connectivity index (χ0) is 23.0. The van der Waals surface area contributed by atoms with Gasteiger partial charge in [0.05, 0.1) is 10.5 Å². The second-order valence-corrected chi connectivity index (χ2v) is 9.75. The molecule has 1 aromatic heterocycles. The Morgan fingerprint density at radius 1 is 1.16 bits per heavy atom. The highest BCUT2D eigenvalue weighted by Crippen LogP contribution is 2.30. The van der Waals surface area contributed by atoms with Crippen molar-refractivity contribution in [3.8, 4) is 0 Å². The summed E-state index contributed by atoms with van der Waals surface area (Å²) in [5, 5.41) is 0.888. The molecule has 2 aromatic carbocycles. The fraction of sp³-hybridized carbons (Fsp3) is 0.261. The van der Waals surface area contributed by atoms with E-state index in [2.05, 4.69) is 9.71 Å². The Kier molecular flexibility index (Phi) is 5.87. The number of H-pyrrole nitrogens is 1. The van der Waals surface area contributed by atoms with Crippen LogP contribution in [0.5, 0.6) is 0 Å². The number of rotatable bonds is 5. The van der Waals surface area contributed by atoms with E-state index in [1.165, 1.54) is 17.0 Å². The van der Waals surface area contributed by atoms with Gasteiger partial charge in [0.25, 0.3) is 5.91 Å². The first-order valence-corrected chi connectivity index (χ1v) is 11.7. The minimum Gasteiger partial charge on any atom is -0.360 e. The van der Waals surface area contributed by atoms with Gasteiger partial charge in [-0.1, -0.05) is 6.08 Å². The maximum Gasteiger partial charge on any atom is 0.257 e. The Labute approximate surface area is 185 Å². The number of aromatic nitrogens is 1. The SMILES string of the molecule is CC(C)NS(=O)(=O)c1ccc(F)c(C(=O)N2CC=C(c3c[nH]c4cc(F)ccc34)CC2)c1. The smallest absolute Gasteiger partial charge is 0.257 e. The van der Waals surface area contributed by atoms with Crippen molar-refractivity contribution in [2.45, 2.75) is 31.2 Å². The zero-order valence-corrected chi connectivity index (χ0v) is 18.5. The molecule has 2 N–H and O–H groups in total. The van der Waals surface area contributed by atoms with Crippen LogP contribution in [0.15, 0.2) is 53.6 Å². The summed E-state index contributed by atoms with van der Waals surface area (Å²) in [4.78, 5) is 17.3. The second-order valence-electron chi connectivity index (χ2n) is 8.04. The number of hydrogen-bond acceptors (Lipinski definition) is 3. The first-order valence-electron chi connectivity index (χ1n) is 10.2. The van der Waals surface area contributed by atoms with E-state index in [1.807, 2.05) is 12.3 Å². The fourth-order valence-corrected chi connectivity index (χ4v) is 5.12. The minimum atomic E-state index is -3.85. The molecule has 0 saturated carbocycles. The largest absolute Gasteiger partial charge is 0.360 e. The van der Waals surface area contributed by atoms with Crippen molar-refractivity contribution in [1.29, 1.82) is 0 Å². The van der Waals surface area contributed by atoms with Crippen molar-refractivity contribution in [2.75, 3.05) is 13.1 Å². The van der Waals surface area contributed by atoms with Crippen molar-refractivity contribution < 1.29 is 22.0 Å². The lowest BCUT2D eigenvalue weighted by Gasteiger charge is -2.27. The topological polar surface area (TPSA) is 82.3 Å². The zero-order valence-electron chi connectivity index (χ0n) is 17.7. The third-order valence-corrected chi connectivity index (χ3v) is 7.01. The molecule has 4 rings (SSSR count). The highest BCUT2D eigenvalue weighted by Gasteiger charge is 2.25. The van der Waals surface area contributed by atoms with Gasteiger partial charge in [0.1, 0.15) is 11.6 Å². The molecule has 1 aliphatic rings. The molecule has 0 spiro atoms. The second kappa shape index (κ2) is 8.48. The van der Waals surface area contributed by atoms with Gasteiger partial charge < -0.3 is 9.88 Å². The number of benzene rings is 2. The quantitative estimate of drug-likeness (QED) is 0.604. The number of carbonyl (C=O) groups is 1. The van der Waals surface area contributed by atoms with Gasteiger partial charge in [-0.3, -0.25) is 4.79 Å². The van der Waals surface area contributed by atoms with E-state index >= 15 is 0 Å². The van der Waals surface area contributed by atoms with E-state index in [1.54, 1.807) is 19.9 Å². The van der Waals surface area contributed by atoms with E-state index in [0.29, 0.717) is 18.5 Å². The number of nitrogens with one attached hydrogen (secondary N) is 2. The minimum absolute atomic E-state index is 0.157. The van der Waals surface area contributed by atoms with E-state index in [4.69, 9.17) is 0 Å². The Hall–Kier alpha value is -3.04. The molecule has 0 radical (unpaired) electrons. The molecule has 0 saturated heterocycles. The van der Waals surface area contributed by atoms with Crippen LogP contribution < -0.4 is 4.72 Å². The molecule has 168 valence electrons. The first-order chi connectivity index (χ1) is 15.2. The Bertz CT molecular complexity index is 1330. The van der Waals surface area contributed by atoms with E-state index in [9.17, 15) is 22.0 Å². The van der Waals surface area contributed by atoms with Crippen molar-refractivity contribution >= 4 is 32.4 Å². The summed E-state index contributed by atoms with van der Waals surface area (Å²) in [6.07, 6.45) is 4.22. The molecular formula is C23H23F2N3O3S. The maximum absolute atomic E-state index is 14.4. The van der Waals surface area contributed by atoms with Crippen LogP contribution in [0.2, 0.25) is 0 Å². The van der Waals surface area contributed by atoms with Crippen LogP contribution in [0, 0.1) is 11.6 Å². The normalized spacial score (nSPS) is 14.8. The molecule has 1 amide bonds. The van der Waals surface area contributed by atoms with Crippen LogP contribution in [0.1, 0.15) is 36.2 Å². The van der Waals surface area contributed by atoms with Crippen molar-refractivity contribution in [1.82, 2.24) is 14.6 Å². The molecule has 1 aliphatic heterocycles. The first kappa shape index (κ1) is 22.2. The molecule has 0 atom stereocenters. The van der Waals surface area contributed by atoms with Gasteiger partial charge in [0, 0.05) is 41.8 Å². The number of hydrogen-bond donors (Lipinski definition) is 2. The summed E-state index contributed by atoms with van der Waals surface area (Å²) >= 11 is 0. The molecule has 3 aromatic rings. The molecule has 0 bridgehead atoms. The summed E-state index contributed by atoms with van der Waals surface area (Å²) in [7, 11) is -3.85. The van der Waals surface area contributed by atoms with Crippen LogP contribution in [0.4, 0.5) is 8.78 Å². The third kappa shape index (κ3) is 4.31. The summed E-state index contributed by atoms with van der Waals surface area (Å²) in [5.41, 5.74) is 2.35. The molecule has 6 nitrogen and oxygen atoms in total. The molecule has 9 heteroatoms. The van der Waals surface area contributed by atoms with Crippen LogP contribution in [-0.2, 0) is 10.0 Å². The fourth-order valence-electron chi connectivity index (χ4n) is 3.85. The third-order valence-electron chi connectivity index (χ3n) is 5.36. The van der Waals surface area contributed by atoms with Crippen LogP contribution in [0.3, 0.4) is 0 Å². The maximum atomic E-state index is 14.4. The van der Waals surface area contributed by atoms with Gasteiger partial charge in [0.15, 0.2) is 0 Å². The van der Waals surface area contributed by atoms with Crippen LogP contribution in [-0.4, -0.2) is 43.3 Å². The molecule has 0 aliphatic carbocycles. The molecule has 2 heterocycles. The molecular weight excluding hydrogens is 436 g/mol. The predicted molar refractivity (Wildman–Crippen MR) is 119 cm³/mol. The number of sulfonamides is 1. The van der Waals surface area contributed by atoms with Gasteiger partial charge in [-0.25, -0.2) is 21.9 Å². The van der Waals surface area contributed by atoms with Gasteiger partial charge in [-0.15, -0.1) is 0 Å². The van der Waals surface area contributed by atoms with Crippen molar-refractivity contribution in [3.05, 3.63) is 71.4 Å². The van der Waals surface area contributed by atoms with Crippen molar-refractivity contribution in [2.24, 2.45) is 0 Å². The monoisotopic (exact) mass is 459 g/mol. The lowest BCUT2D eigenvalue weighted by Crippen LogP contribution is -2.35. The Morgan fingerprint density at radius 2 is 1.94 bits per heavy atom. The number of aromatic amines is 1.